The average Bonchev–Trinajstić information content (AvgIpc) is 2.59. The number of nitrogens with one attached hydrogen (secondary N) is 2. The van der Waals surface area contributed by atoms with Gasteiger partial charge >= 0.3 is 6.09 Å². The van der Waals surface area contributed by atoms with Crippen molar-refractivity contribution in [2.45, 2.75) is 51.7 Å². The Morgan fingerprint density at radius 2 is 2.12 bits per heavy atom. The number of rotatable bonds is 3. The van der Waals surface area contributed by atoms with E-state index in [4.69, 9.17) is 10.5 Å². The third-order valence-corrected chi connectivity index (χ3v) is 2.72. The number of carbonyl (C=O) groups is 1. The summed E-state index contributed by atoms with van der Waals surface area (Å²) < 4.78 is 5.12. The molecule has 16 heavy (non-hydrogen) atoms. The van der Waals surface area contributed by atoms with Gasteiger partial charge in [0.1, 0.15) is 5.60 Å². The Morgan fingerprint density at radius 1 is 1.44 bits per heavy atom. The summed E-state index contributed by atoms with van der Waals surface area (Å²) in [6.45, 7) is 6.17. The van der Waals surface area contributed by atoms with Gasteiger partial charge in [-0.2, -0.15) is 0 Å². The maximum atomic E-state index is 11.4. The van der Waals surface area contributed by atoms with E-state index < -0.39 is 11.7 Å². The number of hydrogen-bond acceptors (Lipinski definition) is 4. The van der Waals surface area contributed by atoms with Gasteiger partial charge in [-0.25, -0.2) is 10.2 Å². The Morgan fingerprint density at radius 3 is 2.69 bits per heavy atom. The summed E-state index contributed by atoms with van der Waals surface area (Å²) in [5.74, 6) is 0.454. The maximum absolute atomic E-state index is 11.4. The molecule has 1 aliphatic rings. The monoisotopic (exact) mass is 229 g/mol. The Bertz CT molecular complexity index is 238. The van der Waals surface area contributed by atoms with Crippen LogP contribution in [0.25, 0.3) is 0 Å². The smallest absolute Gasteiger partial charge is 0.422 e. The zero-order chi connectivity index (χ0) is 12.2. The summed E-state index contributed by atoms with van der Waals surface area (Å²) in [6.07, 6.45) is 2.91. The predicted octanol–water partition coefficient (Wildman–Crippen LogP) is 1.14. The molecule has 0 bridgehead atoms. The Labute approximate surface area is 97.1 Å². The van der Waals surface area contributed by atoms with E-state index >= 15 is 0 Å². The lowest BCUT2D eigenvalue weighted by atomic mass is 10.1. The summed E-state index contributed by atoms with van der Waals surface area (Å²) in [5, 5.41) is 0. The molecule has 5 nitrogen and oxygen atoms in total. The quantitative estimate of drug-likeness (QED) is 0.634. The number of nitrogens with two attached hydrogens (primary N) is 1. The second kappa shape index (κ2) is 5.50. The minimum absolute atomic E-state index is 0.275. The fourth-order valence-corrected chi connectivity index (χ4v) is 1.96. The SMILES string of the molecule is CC(C)(C)OC(=O)NNC1CCCC1CN. The number of carbonyl (C=O) groups excluding carboxylic acids is 1. The zero-order valence-corrected chi connectivity index (χ0v) is 10.4. The van der Waals surface area contributed by atoms with Gasteiger partial charge in [0.25, 0.3) is 0 Å². The lowest BCUT2D eigenvalue weighted by molar-refractivity contribution is 0.0483. The second-order valence-corrected chi connectivity index (χ2v) is 5.30. The predicted molar refractivity (Wildman–Crippen MR) is 62.7 cm³/mol. The normalized spacial score (nSPS) is 25.5. The molecule has 1 amide bonds. The number of hydrogen-bond donors (Lipinski definition) is 3. The third kappa shape index (κ3) is 4.37. The van der Waals surface area contributed by atoms with E-state index in [9.17, 15) is 4.79 Å². The number of amides is 1. The highest BCUT2D eigenvalue weighted by molar-refractivity contribution is 5.67. The molecule has 1 saturated carbocycles. The van der Waals surface area contributed by atoms with Crippen molar-refractivity contribution in [1.82, 2.24) is 10.9 Å². The van der Waals surface area contributed by atoms with Crippen LogP contribution >= 0.6 is 0 Å². The van der Waals surface area contributed by atoms with E-state index in [1.54, 1.807) is 0 Å². The molecular weight excluding hydrogens is 206 g/mol. The van der Waals surface area contributed by atoms with Gasteiger partial charge in [-0.05, 0) is 46.1 Å². The van der Waals surface area contributed by atoms with E-state index in [0.717, 1.165) is 19.3 Å². The lowest BCUT2D eigenvalue weighted by Gasteiger charge is -2.23. The van der Waals surface area contributed by atoms with E-state index in [2.05, 4.69) is 10.9 Å². The number of ether oxygens (including phenoxy) is 1. The van der Waals surface area contributed by atoms with Gasteiger partial charge in [-0.15, -0.1) is 0 Å². The fraction of sp³-hybridized carbons (Fsp3) is 0.909. The average molecular weight is 229 g/mol. The first-order valence-corrected chi connectivity index (χ1v) is 5.87. The lowest BCUT2D eigenvalue weighted by Crippen LogP contribution is -2.48. The summed E-state index contributed by atoms with van der Waals surface area (Å²) >= 11 is 0. The molecular formula is C11H23N3O2. The highest BCUT2D eigenvalue weighted by Gasteiger charge is 2.26. The Balaban J connectivity index is 2.26. The van der Waals surface area contributed by atoms with E-state index in [-0.39, 0.29) is 6.04 Å². The van der Waals surface area contributed by atoms with Gasteiger partial charge in [0.05, 0.1) is 0 Å². The van der Waals surface area contributed by atoms with Crippen molar-refractivity contribution < 1.29 is 9.53 Å². The molecule has 0 saturated heterocycles. The van der Waals surface area contributed by atoms with Crippen molar-refractivity contribution in [2.24, 2.45) is 11.7 Å². The molecule has 2 atom stereocenters. The van der Waals surface area contributed by atoms with Gasteiger partial charge in [-0.1, -0.05) is 6.42 Å². The van der Waals surface area contributed by atoms with Crippen LogP contribution in [0.15, 0.2) is 0 Å². The third-order valence-electron chi connectivity index (χ3n) is 2.72. The summed E-state index contributed by atoms with van der Waals surface area (Å²) in [5.41, 5.74) is 10.8. The molecule has 94 valence electrons. The molecule has 0 aromatic heterocycles. The first kappa shape index (κ1) is 13.3. The van der Waals surface area contributed by atoms with Crippen LogP contribution in [0.5, 0.6) is 0 Å². The Hall–Kier alpha value is -0.810. The fourth-order valence-electron chi connectivity index (χ4n) is 1.96. The summed E-state index contributed by atoms with van der Waals surface area (Å²) in [4.78, 5) is 11.4. The van der Waals surface area contributed by atoms with Crippen LogP contribution in [0.4, 0.5) is 4.79 Å². The standard InChI is InChI=1S/C11H23N3O2/c1-11(2,3)16-10(15)14-13-9-6-4-5-8(9)7-12/h8-9,13H,4-7,12H2,1-3H3,(H,14,15). The van der Waals surface area contributed by atoms with Crippen LogP contribution in [-0.4, -0.2) is 24.3 Å². The second-order valence-electron chi connectivity index (χ2n) is 5.30. The van der Waals surface area contributed by atoms with Crippen molar-refractivity contribution in [1.29, 1.82) is 0 Å². The zero-order valence-electron chi connectivity index (χ0n) is 10.4. The molecule has 1 aliphatic carbocycles. The van der Waals surface area contributed by atoms with Crippen LogP contribution in [0.2, 0.25) is 0 Å². The highest BCUT2D eigenvalue weighted by Crippen LogP contribution is 2.23. The van der Waals surface area contributed by atoms with Gasteiger partial charge in [0, 0.05) is 6.04 Å². The van der Waals surface area contributed by atoms with Crippen LogP contribution in [0.3, 0.4) is 0 Å². The van der Waals surface area contributed by atoms with Crippen molar-refractivity contribution in [3.05, 3.63) is 0 Å². The van der Waals surface area contributed by atoms with Crippen LogP contribution in [0.1, 0.15) is 40.0 Å². The molecule has 0 aromatic rings. The molecule has 0 aromatic carbocycles. The molecule has 0 aliphatic heterocycles. The molecule has 0 spiro atoms. The van der Waals surface area contributed by atoms with Crippen LogP contribution in [-0.2, 0) is 4.74 Å². The Kier molecular flexibility index (Phi) is 4.56. The van der Waals surface area contributed by atoms with E-state index in [1.165, 1.54) is 0 Å². The van der Waals surface area contributed by atoms with Gasteiger partial charge < -0.3 is 10.5 Å². The largest absolute Gasteiger partial charge is 0.443 e. The highest BCUT2D eigenvalue weighted by atomic mass is 16.6. The first-order valence-electron chi connectivity index (χ1n) is 5.87. The first-order chi connectivity index (χ1) is 7.42. The maximum Gasteiger partial charge on any atom is 0.422 e. The molecule has 0 radical (unpaired) electrons. The van der Waals surface area contributed by atoms with E-state index in [0.29, 0.717) is 12.5 Å². The molecule has 5 heteroatoms. The van der Waals surface area contributed by atoms with Crippen molar-refractivity contribution in [3.8, 4) is 0 Å². The molecule has 1 rings (SSSR count). The van der Waals surface area contributed by atoms with Gasteiger partial charge in [-0.3, -0.25) is 5.43 Å². The van der Waals surface area contributed by atoms with Crippen molar-refractivity contribution in [2.75, 3.05) is 6.54 Å². The van der Waals surface area contributed by atoms with Gasteiger partial charge in [0.15, 0.2) is 0 Å². The topological polar surface area (TPSA) is 76.4 Å². The van der Waals surface area contributed by atoms with Crippen molar-refractivity contribution in [3.63, 3.8) is 0 Å². The van der Waals surface area contributed by atoms with E-state index in [1.807, 2.05) is 20.8 Å². The minimum atomic E-state index is -0.464. The summed E-state index contributed by atoms with van der Waals surface area (Å²) in [6, 6.07) is 0.275. The van der Waals surface area contributed by atoms with Crippen LogP contribution in [0, 0.1) is 5.92 Å². The molecule has 0 heterocycles. The molecule has 1 fully saturated rings. The van der Waals surface area contributed by atoms with Crippen LogP contribution < -0.4 is 16.6 Å². The number of hydrazine groups is 1. The van der Waals surface area contributed by atoms with Crippen molar-refractivity contribution >= 4 is 6.09 Å². The molecule has 4 N–H and O–H groups in total. The molecule has 2 unspecified atom stereocenters. The summed E-state index contributed by atoms with van der Waals surface area (Å²) in [7, 11) is 0. The minimum Gasteiger partial charge on any atom is -0.443 e. The van der Waals surface area contributed by atoms with Gasteiger partial charge in [0.2, 0.25) is 0 Å².